The maximum atomic E-state index is 12.4. The van der Waals surface area contributed by atoms with Gasteiger partial charge in [-0.25, -0.2) is 4.79 Å². The number of rotatable bonds is 3. The Kier molecular flexibility index (Phi) is 4.34. The van der Waals surface area contributed by atoms with E-state index in [1.807, 2.05) is 0 Å². The predicted molar refractivity (Wildman–Crippen MR) is 68.7 cm³/mol. The highest BCUT2D eigenvalue weighted by atomic mass is 19.4. The van der Waals surface area contributed by atoms with Crippen molar-refractivity contribution in [3.63, 3.8) is 0 Å². The van der Waals surface area contributed by atoms with Gasteiger partial charge in [-0.3, -0.25) is 0 Å². The number of anilines is 1. The largest absolute Gasteiger partial charge is 0.480 e. The van der Waals surface area contributed by atoms with Crippen LogP contribution in [0.15, 0.2) is 12.1 Å². The molecule has 0 bridgehead atoms. The zero-order chi connectivity index (χ0) is 15.5. The Morgan fingerprint density at radius 1 is 1.14 bits per heavy atom. The highest BCUT2D eigenvalue weighted by Crippen LogP contribution is 2.31. The molecule has 8 heteroatoms. The van der Waals surface area contributed by atoms with Crippen LogP contribution < -0.4 is 5.32 Å². The van der Waals surface area contributed by atoms with E-state index in [1.165, 1.54) is 0 Å². The van der Waals surface area contributed by atoms with Crippen molar-refractivity contribution >= 4 is 11.8 Å². The number of carboxylic acids is 1. The minimum Gasteiger partial charge on any atom is -0.480 e. The Balaban J connectivity index is 2.19. The van der Waals surface area contributed by atoms with Gasteiger partial charge in [0.1, 0.15) is 11.4 Å². The fourth-order valence-electron chi connectivity index (χ4n) is 2.52. The first-order valence-corrected chi connectivity index (χ1v) is 6.76. The standard InChI is InChI=1S/C13H16F3N3O2/c14-13(15,16)9-5-6-10(19-18-9)17-12(11(20)21)7-3-1-2-4-8-12/h5-6H,1-4,7-8H2,(H,17,19)(H,20,21). The molecule has 0 radical (unpaired) electrons. The third-order valence-electron chi connectivity index (χ3n) is 3.69. The van der Waals surface area contributed by atoms with Crippen molar-refractivity contribution in [3.05, 3.63) is 17.8 Å². The lowest BCUT2D eigenvalue weighted by Gasteiger charge is -2.29. The van der Waals surface area contributed by atoms with Crippen molar-refractivity contribution in [2.75, 3.05) is 5.32 Å². The fourth-order valence-corrected chi connectivity index (χ4v) is 2.52. The maximum Gasteiger partial charge on any atom is 0.435 e. The molecule has 1 aromatic heterocycles. The molecule has 1 aliphatic rings. The van der Waals surface area contributed by atoms with Crippen LogP contribution in [0.3, 0.4) is 0 Å². The average Bonchev–Trinajstić information content (AvgIpc) is 2.65. The van der Waals surface area contributed by atoms with Crippen molar-refractivity contribution < 1.29 is 23.1 Å². The molecule has 0 atom stereocenters. The van der Waals surface area contributed by atoms with Crippen molar-refractivity contribution in [1.82, 2.24) is 10.2 Å². The molecule has 5 nitrogen and oxygen atoms in total. The average molecular weight is 303 g/mol. The third-order valence-corrected chi connectivity index (χ3v) is 3.69. The summed E-state index contributed by atoms with van der Waals surface area (Å²) in [6.45, 7) is 0. The first kappa shape index (κ1) is 15.5. The van der Waals surface area contributed by atoms with Gasteiger partial charge >= 0.3 is 12.1 Å². The van der Waals surface area contributed by atoms with Gasteiger partial charge in [0.2, 0.25) is 0 Å². The van der Waals surface area contributed by atoms with Gasteiger partial charge in [0.15, 0.2) is 5.69 Å². The summed E-state index contributed by atoms with van der Waals surface area (Å²) in [5.41, 5.74) is -2.27. The summed E-state index contributed by atoms with van der Waals surface area (Å²) >= 11 is 0. The Labute approximate surface area is 119 Å². The van der Waals surface area contributed by atoms with Crippen LogP contribution in [0.1, 0.15) is 44.2 Å². The number of aromatic nitrogens is 2. The summed E-state index contributed by atoms with van der Waals surface area (Å²) in [6, 6.07) is 1.91. The van der Waals surface area contributed by atoms with Gasteiger partial charge in [-0.05, 0) is 25.0 Å². The second-order valence-electron chi connectivity index (χ2n) is 5.23. The molecule has 0 aliphatic heterocycles. The summed E-state index contributed by atoms with van der Waals surface area (Å²) in [5.74, 6) is -0.960. The third kappa shape index (κ3) is 3.62. The van der Waals surface area contributed by atoms with Gasteiger partial charge < -0.3 is 10.4 Å². The van der Waals surface area contributed by atoms with E-state index < -0.39 is 23.4 Å². The minimum atomic E-state index is -4.56. The highest BCUT2D eigenvalue weighted by Gasteiger charge is 2.39. The van der Waals surface area contributed by atoms with Gasteiger partial charge in [-0.1, -0.05) is 25.7 Å². The molecule has 1 saturated carbocycles. The number of nitrogens with zero attached hydrogens (tertiary/aromatic N) is 2. The second kappa shape index (κ2) is 5.87. The number of carboxylic acid groups (broad SMARTS) is 1. The molecular weight excluding hydrogens is 287 g/mol. The van der Waals surface area contributed by atoms with E-state index in [4.69, 9.17) is 0 Å². The minimum absolute atomic E-state index is 0.0484. The molecular formula is C13H16F3N3O2. The quantitative estimate of drug-likeness (QED) is 0.839. The maximum absolute atomic E-state index is 12.4. The van der Waals surface area contributed by atoms with Crippen LogP contribution in [0.25, 0.3) is 0 Å². The molecule has 116 valence electrons. The van der Waals surface area contributed by atoms with Crippen LogP contribution in [-0.4, -0.2) is 26.8 Å². The second-order valence-corrected chi connectivity index (χ2v) is 5.23. The van der Waals surface area contributed by atoms with E-state index in [0.717, 1.165) is 37.8 Å². The van der Waals surface area contributed by atoms with Gasteiger partial charge in [0.05, 0.1) is 0 Å². The van der Waals surface area contributed by atoms with Crippen LogP contribution in [0.2, 0.25) is 0 Å². The summed E-state index contributed by atoms with van der Waals surface area (Å²) < 4.78 is 37.3. The van der Waals surface area contributed by atoms with Crippen LogP contribution in [0.5, 0.6) is 0 Å². The lowest BCUT2D eigenvalue weighted by Crippen LogP contribution is -2.46. The van der Waals surface area contributed by atoms with Crippen molar-refractivity contribution in [1.29, 1.82) is 0 Å². The summed E-state index contributed by atoms with van der Waals surface area (Å²) in [6.07, 6.45) is -0.292. The molecule has 21 heavy (non-hydrogen) atoms. The zero-order valence-electron chi connectivity index (χ0n) is 11.3. The number of nitrogens with one attached hydrogen (secondary N) is 1. The molecule has 1 aliphatic carbocycles. The number of hydrogen-bond donors (Lipinski definition) is 2. The van der Waals surface area contributed by atoms with E-state index in [-0.39, 0.29) is 5.82 Å². The number of aliphatic carboxylic acids is 1. The molecule has 0 saturated heterocycles. The van der Waals surface area contributed by atoms with Crippen molar-refractivity contribution in [3.8, 4) is 0 Å². The van der Waals surface area contributed by atoms with E-state index in [9.17, 15) is 23.1 Å². The van der Waals surface area contributed by atoms with E-state index in [0.29, 0.717) is 12.8 Å². The Morgan fingerprint density at radius 2 is 1.76 bits per heavy atom. The summed E-state index contributed by atoms with van der Waals surface area (Å²) in [4.78, 5) is 11.6. The summed E-state index contributed by atoms with van der Waals surface area (Å²) in [5, 5.41) is 18.8. The van der Waals surface area contributed by atoms with Gasteiger partial charge in [0, 0.05) is 0 Å². The van der Waals surface area contributed by atoms with Crippen LogP contribution in [-0.2, 0) is 11.0 Å². The molecule has 1 aromatic rings. The van der Waals surface area contributed by atoms with Crippen molar-refractivity contribution in [2.24, 2.45) is 0 Å². The summed E-state index contributed by atoms with van der Waals surface area (Å²) in [7, 11) is 0. The van der Waals surface area contributed by atoms with Gasteiger partial charge in [-0.15, -0.1) is 10.2 Å². The first-order chi connectivity index (χ1) is 9.83. The molecule has 1 fully saturated rings. The number of halogens is 3. The van der Waals surface area contributed by atoms with Crippen LogP contribution in [0, 0.1) is 0 Å². The SMILES string of the molecule is O=C(O)C1(Nc2ccc(C(F)(F)F)nn2)CCCCCC1. The molecule has 0 aromatic carbocycles. The Bertz CT molecular complexity index is 494. The van der Waals surface area contributed by atoms with Crippen LogP contribution in [0.4, 0.5) is 19.0 Å². The van der Waals surface area contributed by atoms with E-state index in [2.05, 4.69) is 15.5 Å². The smallest absolute Gasteiger partial charge is 0.435 e. The molecule has 2 rings (SSSR count). The predicted octanol–water partition coefficient (Wildman–Crippen LogP) is 3.08. The Morgan fingerprint density at radius 3 is 2.19 bits per heavy atom. The zero-order valence-corrected chi connectivity index (χ0v) is 11.3. The van der Waals surface area contributed by atoms with E-state index >= 15 is 0 Å². The molecule has 2 N–H and O–H groups in total. The number of alkyl halides is 3. The first-order valence-electron chi connectivity index (χ1n) is 6.76. The number of hydrogen-bond acceptors (Lipinski definition) is 4. The van der Waals surface area contributed by atoms with Crippen molar-refractivity contribution in [2.45, 2.75) is 50.2 Å². The number of carbonyl (C=O) groups is 1. The van der Waals surface area contributed by atoms with E-state index in [1.54, 1.807) is 0 Å². The molecule has 0 amide bonds. The fraction of sp³-hybridized carbons (Fsp3) is 0.615. The normalized spacial score (nSPS) is 18.8. The Hall–Kier alpha value is -1.86. The highest BCUT2D eigenvalue weighted by molar-refractivity contribution is 5.82. The molecule has 0 spiro atoms. The lowest BCUT2D eigenvalue weighted by atomic mass is 9.90. The lowest BCUT2D eigenvalue weighted by molar-refractivity contribution is -0.143. The van der Waals surface area contributed by atoms with Gasteiger partial charge in [-0.2, -0.15) is 13.2 Å². The topological polar surface area (TPSA) is 75.1 Å². The van der Waals surface area contributed by atoms with Crippen LogP contribution >= 0.6 is 0 Å². The van der Waals surface area contributed by atoms with Gasteiger partial charge in [0.25, 0.3) is 0 Å². The molecule has 0 unspecified atom stereocenters. The molecule has 1 heterocycles. The monoisotopic (exact) mass is 303 g/mol.